The first-order valence-corrected chi connectivity index (χ1v) is 11.2. The third-order valence-electron chi connectivity index (χ3n) is 5.21. The first kappa shape index (κ1) is 20.3. The minimum atomic E-state index is -0.262. The van der Waals surface area contributed by atoms with Crippen molar-refractivity contribution < 1.29 is 4.42 Å². The van der Waals surface area contributed by atoms with Crippen LogP contribution in [0, 0.1) is 20.8 Å². The van der Waals surface area contributed by atoms with Crippen molar-refractivity contribution in [1.82, 2.24) is 24.5 Å². The molecule has 3 aromatic heterocycles. The maximum Gasteiger partial charge on any atom is 0.278 e. The van der Waals surface area contributed by atoms with Gasteiger partial charge in [0.2, 0.25) is 5.89 Å². The first-order valence-electron chi connectivity index (χ1n) is 10.2. The number of rotatable bonds is 5. The third-order valence-corrected chi connectivity index (χ3v) is 6.16. The number of aromatic nitrogens is 5. The van der Waals surface area contributed by atoms with E-state index in [1.807, 2.05) is 67.8 Å². The maximum absolute atomic E-state index is 12.3. The molecule has 0 amide bonds. The highest BCUT2D eigenvalue weighted by Gasteiger charge is 2.18. The highest BCUT2D eigenvalue weighted by Crippen LogP contribution is 2.30. The van der Waals surface area contributed by atoms with Crippen molar-refractivity contribution in [3.63, 3.8) is 0 Å². The van der Waals surface area contributed by atoms with Crippen LogP contribution in [0.3, 0.4) is 0 Å². The second-order valence-corrected chi connectivity index (χ2v) is 8.59. The second kappa shape index (κ2) is 8.12. The molecule has 0 saturated carbocycles. The molecule has 160 valence electrons. The van der Waals surface area contributed by atoms with E-state index in [0.29, 0.717) is 28.0 Å². The van der Waals surface area contributed by atoms with E-state index in [-0.39, 0.29) is 5.56 Å². The van der Waals surface area contributed by atoms with Crippen LogP contribution in [0.15, 0.2) is 69.2 Å². The van der Waals surface area contributed by atoms with Gasteiger partial charge in [0, 0.05) is 17.0 Å². The molecule has 0 bridgehead atoms. The number of oxazole rings is 1. The Hall–Kier alpha value is -3.65. The summed E-state index contributed by atoms with van der Waals surface area (Å²) in [4.78, 5) is 28.6. The number of imidazole rings is 1. The summed E-state index contributed by atoms with van der Waals surface area (Å²) in [5.41, 5.74) is 5.57. The predicted octanol–water partition coefficient (Wildman–Crippen LogP) is 4.98. The summed E-state index contributed by atoms with van der Waals surface area (Å²) >= 11 is 1.50. The van der Waals surface area contributed by atoms with E-state index in [9.17, 15) is 4.79 Å². The third kappa shape index (κ3) is 3.73. The molecule has 0 spiro atoms. The molecule has 0 radical (unpaired) electrons. The summed E-state index contributed by atoms with van der Waals surface area (Å²) in [5, 5.41) is 0.674. The standard InChI is InChI=1S/C24H21N5O2S/c1-14-7-9-18(10-8-14)29-21-20(22(30)26-13-25-21)28-24(29)32-12-19-16(3)31-23(27-19)17-6-4-5-15(2)11-17/h4-11,13H,12H2,1-3H3,(H,25,26,30). The predicted molar refractivity (Wildman–Crippen MR) is 125 cm³/mol. The van der Waals surface area contributed by atoms with Crippen LogP contribution in [0.4, 0.5) is 0 Å². The minimum absolute atomic E-state index is 0.262. The van der Waals surface area contributed by atoms with E-state index in [1.54, 1.807) is 0 Å². The largest absolute Gasteiger partial charge is 0.441 e. The lowest BCUT2D eigenvalue weighted by atomic mass is 10.1. The SMILES string of the molecule is Cc1ccc(-n2c(SCc3nc(-c4cccc(C)c4)oc3C)nc3c(=O)[nH]cnc32)cc1. The lowest BCUT2D eigenvalue weighted by molar-refractivity contribution is 0.540. The van der Waals surface area contributed by atoms with E-state index >= 15 is 0 Å². The van der Waals surface area contributed by atoms with Gasteiger partial charge in [-0.15, -0.1) is 0 Å². The maximum atomic E-state index is 12.3. The number of fused-ring (bicyclic) bond motifs is 1. The smallest absolute Gasteiger partial charge is 0.278 e. The van der Waals surface area contributed by atoms with Gasteiger partial charge in [-0.3, -0.25) is 9.36 Å². The topological polar surface area (TPSA) is 89.6 Å². The summed E-state index contributed by atoms with van der Waals surface area (Å²) in [5.74, 6) is 1.92. The van der Waals surface area contributed by atoms with Gasteiger partial charge in [-0.1, -0.05) is 47.2 Å². The van der Waals surface area contributed by atoms with E-state index in [0.717, 1.165) is 33.8 Å². The molecule has 2 aromatic carbocycles. The molecular weight excluding hydrogens is 422 g/mol. The van der Waals surface area contributed by atoms with Gasteiger partial charge < -0.3 is 9.40 Å². The van der Waals surface area contributed by atoms with Crippen molar-refractivity contribution in [2.24, 2.45) is 0 Å². The zero-order valence-corrected chi connectivity index (χ0v) is 18.7. The average Bonchev–Trinajstić information content (AvgIpc) is 3.34. The van der Waals surface area contributed by atoms with E-state index in [1.165, 1.54) is 18.1 Å². The van der Waals surface area contributed by atoms with Crippen LogP contribution in [-0.2, 0) is 5.75 Å². The molecule has 0 aliphatic heterocycles. The summed E-state index contributed by atoms with van der Waals surface area (Å²) < 4.78 is 7.84. The van der Waals surface area contributed by atoms with Crippen LogP contribution in [0.5, 0.6) is 0 Å². The van der Waals surface area contributed by atoms with Crippen molar-refractivity contribution in [3.8, 4) is 17.1 Å². The number of aryl methyl sites for hydroxylation is 3. The number of benzene rings is 2. The molecule has 0 aliphatic rings. The fourth-order valence-electron chi connectivity index (χ4n) is 3.50. The van der Waals surface area contributed by atoms with Crippen molar-refractivity contribution >= 4 is 22.9 Å². The molecule has 0 saturated heterocycles. The highest BCUT2D eigenvalue weighted by molar-refractivity contribution is 7.98. The van der Waals surface area contributed by atoms with Crippen LogP contribution < -0.4 is 5.56 Å². The van der Waals surface area contributed by atoms with Gasteiger partial charge in [0.1, 0.15) is 5.76 Å². The Morgan fingerprint density at radius 2 is 1.84 bits per heavy atom. The molecule has 7 nitrogen and oxygen atoms in total. The summed E-state index contributed by atoms with van der Waals surface area (Å²) in [6.45, 7) is 5.99. The van der Waals surface area contributed by atoms with Crippen LogP contribution in [-0.4, -0.2) is 24.5 Å². The lowest BCUT2D eigenvalue weighted by Gasteiger charge is -2.08. The van der Waals surface area contributed by atoms with Gasteiger partial charge in [-0.25, -0.2) is 15.0 Å². The number of aromatic amines is 1. The molecule has 8 heteroatoms. The van der Waals surface area contributed by atoms with Crippen molar-refractivity contribution in [2.75, 3.05) is 0 Å². The van der Waals surface area contributed by atoms with Crippen LogP contribution in [0.1, 0.15) is 22.6 Å². The minimum Gasteiger partial charge on any atom is -0.441 e. The van der Waals surface area contributed by atoms with E-state index < -0.39 is 0 Å². The molecular formula is C24H21N5O2S. The van der Waals surface area contributed by atoms with Crippen molar-refractivity contribution in [3.05, 3.63) is 87.8 Å². The van der Waals surface area contributed by atoms with Crippen molar-refractivity contribution in [1.29, 1.82) is 0 Å². The quantitative estimate of drug-likeness (QED) is 0.385. The van der Waals surface area contributed by atoms with Gasteiger partial charge in [0.05, 0.1) is 12.0 Å². The van der Waals surface area contributed by atoms with Gasteiger partial charge in [-0.2, -0.15) is 0 Å². The Kier molecular flexibility index (Phi) is 5.14. The van der Waals surface area contributed by atoms with Crippen molar-refractivity contribution in [2.45, 2.75) is 31.7 Å². The van der Waals surface area contributed by atoms with E-state index in [4.69, 9.17) is 9.40 Å². The summed E-state index contributed by atoms with van der Waals surface area (Å²) in [6, 6.07) is 16.1. The van der Waals surface area contributed by atoms with Gasteiger partial charge in [0.25, 0.3) is 5.56 Å². The van der Waals surface area contributed by atoms with Gasteiger partial charge >= 0.3 is 0 Å². The van der Waals surface area contributed by atoms with Gasteiger partial charge in [-0.05, 0) is 45.0 Å². The number of thioether (sulfide) groups is 1. The number of hydrogen-bond acceptors (Lipinski definition) is 6. The fourth-order valence-corrected chi connectivity index (χ4v) is 4.51. The molecule has 1 N–H and O–H groups in total. The molecule has 5 aromatic rings. The average molecular weight is 444 g/mol. The summed E-state index contributed by atoms with van der Waals surface area (Å²) in [6.07, 6.45) is 1.40. The second-order valence-electron chi connectivity index (χ2n) is 7.65. The first-order chi connectivity index (χ1) is 15.5. The monoisotopic (exact) mass is 443 g/mol. The molecule has 0 fully saturated rings. The zero-order chi connectivity index (χ0) is 22.2. The van der Waals surface area contributed by atoms with Crippen LogP contribution >= 0.6 is 11.8 Å². The number of H-pyrrole nitrogens is 1. The molecule has 3 heterocycles. The number of hydrogen-bond donors (Lipinski definition) is 1. The molecule has 0 aliphatic carbocycles. The molecule has 32 heavy (non-hydrogen) atoms. The Bertz CT molecular complexity index is 1480. The molecule has 0 unspecified atom stereocenters. The van der Waals surface area contributed by atoms with Crippen LogP contribution in [0.2, 0.25) is 0 Å². The normalized spacial score (nSPS) is 11.3. The number of nitrogens with one attached hydrogen (secondary N) is 1. The number of nitrogens with zero attached hydrogens (tertiary/aromatic N) is 4. The molecule has 0 atom stereocenters. The zero-order valence-electron chi connectivity index (χ0n) is 17.9. The molecule has 5 rings (SSSR count). The Labute approximate surface area is 188 Å². The van der Waals surface area contributed by atoms with E-state index in [2.05, 4.69) is 21.0 Å². The Morgan fingerprint density at radius 1 is 1.03 bits per heavy atom. The highest BCUT2D eigenvalue weighted by atomic mass is 32.2. The lowest BCUT2D eigenvalue weighted by Crippen LogP contribution is -2.07. The van der Waals surface area contributed by atoms with Gasteiger partial charge in [0.15, 0.2) is 16.3 Å². The Balaban J connectivity index is 1.51. The van der Waals surface area contributed by atoms with Crippen LogP contribution in [0.25, 0.3) is 28.3 Å². The Morgan fingerprint density at radius 3 is 2.62 bits per heavy atom. The fraction of sp³-hybridized carbons (Fsp3) is 0.167. The summed E-state index contributed by atoms with van der Waals surface area (Å²) in [7, 11) is 0.